The molecule has 1 aliphatic rings. The molecule has 29 heavy (non-hydrogen) atoms. The van der Waals surface area contributed by atoms with Crippen LogP contribution < -0.4 is 17.0 Å². The summed E-state index contributed by atoms with van der Waals surface area (Å²) >= 11 is 0. The number of halogens is 1. The molecule has 156 valence electrons. The fourth-order valence-corrected chi connectivity index (χ4v) is 2.97. The third-order valence-corrected chi connectivity index (χ3v) is 4.53. The molecule has 0 saturated carbocycles. The molecule has 10 nitrogen and oxygen atoms in total. The molecule has 1 saturated heterocycles. The van der Waals surface area contributed by atoms with Gasteiger partial charge in [0.05, 0.1) is 6.20 Å². The van der Waals surface area contributed by atoms with Crippen molar-refractivity contribution in [2.24, 2.45) is 5.73 Å². The van der Waals surface area contributed by atoms with Crippen LogP contribution in [0.2, 0.25) is 0 Å². The van der Waals surface area contributed by atoms with Gasteiger partial charge >= 0.3 is 11.7 Å². The van der Waals surface area contributed by atoms with Gasteiger partial charge in [0.2, 0.25) is 5.82 Å². The largest absolute Gasteiger partial charge is 0.462 e. The number of nitrogens with one attached hydrogen (secondary N) is 1. The molecule has 1 aliphatic heterocycles. The number of carbonyl (C=O) groups excluding carboxylic acids is 1. The van der Waals surface area contributed by atoms with Gasteiger partial charge < -0.3 is 25.4 Å². The Morgan fingerprint density at radius 1 is 1.28 bits per heavy atom. The van der Waals surface area contributed by atoms with E-state index < -0.39 is 60.2 Å². The maximum absolute atomic E-state index is 13.5. The van der Waals surface area contributed by atoms with Crippen LogP contribution in [0.5, 0.6) is 0 Å². The molecule has 3 rings (SSSR count). The highest BCUT2D eigenvalue weighted by atomic mass is 19.1. The number of aliphatic hydroxyl groups is 2. The first kappa shape index (κ1) is 20.9. The summed E-state index contributed by atoms with van der Waals surface area (Å²) in [5.74, 6) is -2.01. The second-order valence-corrected chi connectivity index (χ2v) is 6.62. The van der Waals surface area contributed by atoms with Gasteiger partial charge in [0.15, 0.2) is 6.23 Å². The van der Waals surface area contributed by atoms with Crippen molar-refractivity contribution >= 4 is 5.97 Å². The number of carbonyl (C=O) groups is 1. The van der Waals surface area contributed by atoms with Crippen LogP contribution in [0.25, 0.3) is 0 Å². The van der Waals surface area contributed by atoms with E-state index in [-0.39, 0.29) is 6.42 Å². The van der Waals surface area contributed by atoms with Gasteiger partial charge in [-0.25, -0.2) is 4.79 Å². The standard InChI is InChI=1S/C18H20FN3O7/c19-10-7-22(18(27)21-15(10)25)16-14(24)13(23)12(29-16)8-28-17(26)11(20)6-9-4-2-1-3-5-9/h1-5,7,11-14,16,23-24H,6,8,20H2,(H,21,25,27)/t11-,12-,13?,14?,16-/m0/s1. The van der Waals surface area contributed by atoms with E-state index in [4.69, 9.17) is 15.2 Å². The summed E-state index contributed by atoms with van der Waals surface area (Å²) in [6.45, 7) is -0.448. The zero-order valence-corrected chi connectivity index (χ0v) is 15.1. The fourth-order valence-electron chi connectivity index (χ4n) is 2.97. The highest BCUT2D eigenvalue weighted by Crippen LogP contribution is 2.28. The molecule has 0 spiro atoms. The number of aliphatic hydroxyl groups excluding tert-OH is 2. The first-order valence-corrected chi connectivity index (χ1v) is 8.76. The van der Waals surface area contributed by atoms with Gasteiger partial charge in [0, 0.05) is 0 Å². The maximum Gasteiger partial charge on any atom is 0.330 e. The number of H-pyrrole nitrogens is 1. The Morgan fingerprint density at radius 3 is 2.66 bits per heavy atom. The Bertz CT molecular complexity index is 977. The summed E-state index contributed by atoms with van der Waals surface area (Å²) in [7, 11) is 0. The molecule has 1 aromatic carbocycles. The molecule has 2 aromatic rings. The molecule has 0 amide bonds. The molecule has 1 aromatic heterocycles. The highest BCUT2D eigenvalue weighted by Gasteiger charge is 2.45. The van der Waals surface area contributed by atoms with Gasteiger partial charge in [-0.1, -0.05) is 30.3 Å². The van der Waals surface area contributed by atoms with E-state index in [1.54, 1.807) is 29.2 Å². The molecule has 1 fully saturated rings. The van der Waals surface area contributed by atoms with Crippen LogP contribution in [-0.2, 0) is 20.7 Å². The number of benzene rings is 1. The molecule has 0 bridgehead atoms. The highest BCUT2D eigenvalue weighted by molar-refractivity contribution is 5.75. The van der Waals surface area contributed by atoms with Gasteiger partial charge in [0.25, 0.3) is 5.56 Å². The van der Waals surface area contributed by atoms with Crippen molar-refractivity contribution in [3.05, 3.63) is 68.7 Å². The van der Waals surface area contributed by atoms with E-state index in [0.717, 1.165) is 5.56 Å². The SMILES string of the molecule is N[C@@H](Cc1ccccc1)C(=O)OC[C@@H]1O[C@H](n2cc(F)c(=O)[nH]c2=O)C(O)C1O. The van der Waals surface area contributed by atoms with E-state index in [1.807, 2.05) is 6.07 Å². The van der Waals surface area contributed by atoms with Crippen LogP contribution in [0, 0.1) is 5.82 Å². The van der Waals surface area contributed by atoms with Crippen molar-refractivity contribution in [2.45, 2.75) is 37.0 Å². The lowest BCUT2D eigenvalue weighted by Gasteiger charge is -2.17. The van der Waals surface area contributed by atoms with Crippen molar-refractivity contribution in [3.63, 3.8) is 0 Å². The predicted octanol–water partition coefficient (Wildman–Crippen LogP) is -1.59. The second-order valence-electron chi connectivity index (χ2n) is 6.62. The van der Waals surface area contributed by atoms with Gasteiger partial charge in [-0.15, -0.1) is 0 Å². The lowest BCUT2D eigenvalue weighted by Crippen LogP contribution is -2.39. The number of esters is 1. The number of aromatic amines is 1. The third-order valence-electron chi connectivity index (χ3n) is 4.53. The van der Waals surface area contributed by atoms with E-state index in [0.29, 0.717) is 10.8 Å². The lowest BCUT2D eigenvalue weighted by molar-refractivity contribution is -0.151. The normalized spacial score (nSPS) is 25.0. The molecule has 11 heteroatoms. The Hall–Kier alpha value is -2.86. The maximum atomic E-state index is 13.5. The number of hydrogen-bond acceptors (Lipinski definition) is 8. The fraction of sp³-hybridized carbons (Fsp3) is 0.389. The lowest BCUT2D eigenvalue weighted by atomic mass is 10.1. The minimum atomic E-state index is -1.63. The summed E-state index contributed by atoms with van der Waals surface area (Å²) < 4.78 is 24.5. The molecule has 5 N–H and O–H groups in total. The number of nitrogens with zero attached hydrogens (tertiary/aromatic N) is 1. The average molecular weight is 409 g/mol. The van der Waals surface area contributed by atoms with Crippen LogP contribution in [0.3, 0.4) is 0 Å². The first-order chi connectivity index (χ1) is 13.8. The summed E-state index contributed by atoms with van der Waals surface area (Å²) in [6, 6.07) is 8.09. The van der Waals surface area contributed by atoms with Crippen molar-refractivity contribution in [1.82, 2.24) is 9.55 Å². The molecule has 0 aliphatic carbocycles. The monoisotopic (exact) mass is 409 g/mol. The van der Waals surface area contributed by atoms with E-state index in [9.17, 15) is 29.0 Å². The van der Waals surface area contributed by atoms with Crippen LogP contribution >= 0.6 is 0 Å². The molecular weight excluding hydrogens is 389 g/mol. The topological polar surface area (TPSA) is 157 Å². The zero-order valence-electron chi connectivity index (χ0n) is 15.1. The van der Waals surface area contributed by atoms with Crippen LogP contribution in [-0.4, -0.2) is 56.7 Å². The van der Waals surface area contributed by atoms with E-state index in [1.165, 1.54) is 0 Å². The van der Waals surface area contributed by atoms with Gasteiger partial charge in [-0.2, -0.15) is 4.39 Å². The minimum Gasteiger partial charge on any atom is -0.462 e. The van der Waals surface area contributed by atoms with E-state index >= 15 is 0 Å². The Kier molecular flexibility index (Phi) is 6.23. The van der Waals surface area contributed by atoms with Crippen molar-refractivity contribution < 1.29 is 28.9 Å². The quantitative estimate of drug-likeness (QED) is 0.416. The summed E-state index contributed by atoms with van der Waals surface area (Å²) in [5, 5.41) is 20.2. The zero-order chi connectivity index (χ0) is 21.1. The van der Waals surface area contributed by atoms with Crippen molar-refractivity contribution in [3.8, 4) is 0 Å². The summed E-state index contributed by atoms with van der Waals surface area (Å²) in [6.07, 6.45) is -5.02. The second kappa shape index (κ2) is 8.66. The molecular formula is C18H20FN3O7. The van der Waals surface area contributed by atoms with Crippen LogP contribution in [0.1, 0.15) is 11.8 Å². The Morgan fingerprint density at radius 2 is 1.97 bits per heavy atom. The van der Waals surface area contributed by atoms with E-state index in [2.05, 4.69) is 0 Å². The Labute approximate surface area is 163 Å². The molecule has 2 heterocycles. The van der Waals surface area contributed by atoms with Gasteiger partial charge in [-0.3, -0.25) is 19.1 Å². The predicted molar refractivity (Wildman–Crippen MR) is 96.3 cm³/mol. The van der Waals surface area contributed by atoms with Gasteiger partial charge in [0.1, 0.15) is 31.0 Å². The molecule has 2 unspecified atom stereocenters. The molecule has 5 atom stereocenters. The van der Waals surface area contributed by atoms with Crippen LogP contribution in [0.4, 0.5) is 4.39 Å². The van der Waals surface area contributed by atoms with Crippen molar-refractivity contribution in [2.75, 3.05) is 6.61 Å². The summed E-state index contributed by atoms with van der Waals surface area (Å²) in [5.41, 5.74) is 4.40. The van der Waals surface area contributed by atoms with Gasteiger partial charge in [-0.05, 0) is 12.0 Å². The number of aromatic nitrogens is 2. The number of rotatable bonds is 6. The average Bonchev–Trinajstić information content (AvgIpc) is 2.98. The summed E-state index contributed by atoms with van der Waals surface area (Å²) in [4.78, 5) is 36.8. The van der Waals surface area contributed by atoms with Crippen molar-refractivity contribution in [1.29, 1.82) is 0 Å². The molecule has 0 radical (unpaired) electrons. The third kappa shape index (κ3) is 4.59. The first-order valence-electron chi connectivity index (χ1n) is 8.76. The number of hydrogen-bond donors (Lipinski definition) is 4. The smallest absolute Gasteiger partial charge is 0.330 e. The van der Waals surface area contributed by atoms with Crippen LogP contribution in [0.15, 0.2) is 46.1 Å². The number of nitrogens with two attached hydrogens (primary N) is 1. The number of ether oxygens (including phenoxy) is 2. The Balaban J connectivity index is 1.62. The minimum absolute atomic E-state index is 0.241.